The summed E-state index contributed by atoms with van der Waals surface area (Å²) in [6, 6.07) is 3.13. The fraction of sp³-hybridized carbons (Fsp3) is 0.533. The minimum atomic E-state index is -1.01. The summed E-state index contributed by atoms with van der Waals surface area (Å²) in [4.78, 5) is 11.6. The van der Waals surface area contributed by atoms with Gasteiger partial charge in [0.15, 0.2) is 17.4 Å². The van der Waals surface area contributed by atoms with Crippen molar-refractivity contribution in [3.63, 3.8) is 0 Å². The molecule has 1 rings (SSSR count). The van der Waals surface area contributed by atoms with Gasteiger partial charge in [0.1, 0.15) is 6.61 Å². The Morgan fingerprint density at radius 3 is 2.53 bits per heavy atom. The summed E-state index contributed by atoms with van der Waals surface area (Å²) in [6.45, 7) is 2.59. The smallest absolute Gasteiger partial charge is 0.188 e. The molecule has 0 bridgehead atoms. The normalized spacial score (nSPS) is 10.7. The maximum Gasteiger partial charge on any atom is 0.188 e. The second kappa shape index (κ2) is 8.75. The third kappa shape index (κ3) is 5.92. The van der Waals surface area contributed by atoms with E-state index in [0.717, 1.165) is 25.0 Å². The SMILES string of the molecule is CCCCCCCOCC(=O)c1ccc(F)c(F)c1. The van der Waals surface area contributed by atoms with Crippen molar-refractivity contribution in [2.75, 3.05) is 13.2 Å². The lowest BCUT2D eigenvalue weighted by molar-refractivity contribution is 0.0752. The Balaban J connectivity index is 2.22. The molecule has 0 aromatic heterocycles. The average molecular weight is 270 g/mol. The summed E-state index contributed by atoms with van der Waals surface area (Å²) >= 11 is 0. The lowest BCUT2D eigenvalue weighted by Crippen LogP contribution is -2.10. The number of halogens is 2. The number of hydrogen-bond donors (Lipinski definition) is 0. The number of carbonyl (C=O) groups is 1. The van der Waals surface area contributed by atoms with Crippen LogP contribution in [0.3, 0.4) is 0 Å². The molecule has 0 aliphatic carbocycles. The predicted molar refractivity (Wildman–Crippen MR) is 70.3 cm³/mol. The molecule has 0 atom stereocenters. The van der Waals surface area contributed by atoms with Crippen LogP contribution in [-0.2, 0) is 4.74 Å². The molecule has 1 aromatic rings. The average Bonchev–Trinajstić information content (AvgIpc) is 2.40. The molecule has 0 N–H and O–H groups in total. The monoisotopic (exact) mass is 270 g/mol. The van der Waals surface area contributed by atoms with Crippen molar-refractivity contribution < 1.29 is 18.3 Å². The zero-order chi connectivity index (χ0) is 14.1. The standard InChI is InChI=1S/C15H20F2O2/c1-2-3-4-5-6-9-19-11-15(18)12-7-8-13(16)14(17)10-12/h7-8,10H,2-6,9,11H2,1H3. The topological polar surface area (TPSA) is 26.3 Å². The van der Waals surface area contributed by atoms with E-state index in [1.54, 1.807) is 0 Å². The van der Waals surface area contributed by atoms with Crippen LogP contribution in [0.5, 0.6) is 0 Å². The van der Waals surface area contributed by atoms with E-state index in [0.29, 0.717) is 6.61 Å². The highest BCUT2D eigenvalue weighted by molar-refractivity contribution is 5.97. The fourth-order valence-electron chi connectivity index (χ4n) is 1.73. The summed E-state index contributed by atoms with van der Waals surface area (Å²) in [7, 11) is 0. The van der Waals surface area contributed by atoms with Gasteiger partial charge in [-0.15, -0.1) is 0 Å². The van der Waals surface area contributed by atoms with Crippen LogP contribution in [0.25, 0.3) is 0 Å². The number of ether oxygens (including phenoxy) is 1. The largest absolute Gasteiger partial charge is 0.373 e. The number of unbranched alkanes of at least 4 members (excludes halogenated alkanes) is 4. The Morgan fingerprint density at radius 2 is 1.84 bits per heavy atom. The van der Waals surface area contributed by atoms with Gasteiger partial charge in [-0.1, -0.05) is 32.6 Å². The molecule has 0 aliphatic rings. The first-order chi connectivity index (χ1) is 9.15. The van der Waals surface area contributed by atoms with Crippen LogP contribution in [-0.4, -0.2) is 19.0 Å². The van der Waals surface area contributed by atoms with Crippen LogP contribution in [0.2, 0.25) is 0 Å². The van der Waals surface area contributed by atoms with Crippen LogP contribution in [0, 0.1) is 11.6 Å². The van der Waals surface area contributed by atoms with E-state index in [1.165, 1.54) is 25.3 Å². The Morgan fingerprint density at radius 1 is 1.11 bits per heavy atom. The molecule has 0 spiro atoms. The van der Waals surface area contributed by atoms with Gasteiger partial charge in [0.2, 0.25) is 0 Å². The molecular weight excluding hydrogens is 250 g/mol. The molecule has 0 amide bonds. The molecular formula is C15H20F2O2. The Labute approximate surface area is 112 Å². The third-order valence-electron chi connectivity index (χ3n) is 2.87. The molecule has 1 aromatic carbocycles. The molecule has 0 radical (unpaired) electrons. The summed E-state index contributed by atoms with van der Waals surface area (Å²) in [5.74, 6) is -2.29. The molecule has 0 unspecified atom stereocenters. The zero-order valence-corrected chi connectivity index (χ0v) is 11.3. The van der Waals surface area contributed by atoms with Crippen LogP contribution in [0.4, 0.5) is 8.78 Å². The highest BCUT2D eigenvalue weighted by Gasteiger charge is 2.09. The van der Waals surface area contributed by atoms with E-state index in [4.69, 9.17) is 4.74 Å². The Kier molecular flexibility index (Phi) is 7.26. The van der Waals surface area contributed by atoms with Gasteiger partial charge in [-0.25, -0.2) is 8.78 Å². The van der Waals surface area contributed by atoms with Gasteiger partial charge in [0.25, 0.3) is 0 Å². The second-order valence-corrected chi connectivity index (χ2v) is 4.52. The summed E-state index contributed by atoms with van der Waals surface area (Å²) in [6.07, 6.45) is 5.60. The first kappa shape index (κ1) is 15.8. The molecule has 19 heavy (non-hydrogen) atoms. The molecule has 0 saturated carbocycles. The van der Waals surface area contributed by atoms with Gasteiger partial charge in [-0.05, 0) is 24.6 Å². The summed E-state index contributed by atoms with van der Waals surface area (Å²) in [5.41, 5.74) is 0.143. The van der Waals surface area contributed by atoms with Gasteiger partial charge in [-0.3, -0.25) is 4.79 Å². The molecule has 0 heterocycles. The van der Waals surface area contributed by atoms with E-state index in [-0.39, 0.29) is 18.0 Å². The van der Waals surface area contributed by atoms with E-state index >= 15 is 0 Å². The quantitative estimate of drug-likeness (QED) is 0.498. The molecule has 106 valence electrons. The van der Waals surface area contributed by atoms with Crippen molar-refractivity contribution in [1.82, 2.24) is 0 Å². The lowest BCUT2D eigenvalue weighted by atomic mass is 10.1. The first-order valence-corrected chi connectivity index (χ1v) is 6.71. The lowest BCUT2D eigenvalue weighted by Gasteiger charge is -2.04. The van der Waals surface area contributed by atoms with Gasteiger partial charge < -0.3 is 4.74 Å². The summed E-state index contributed by atoms with van der Waals surface area (Å²) in [5, 5.41) is 0. The Hall–Kier alpha value is -1.29. The molecule has 0 saturated heterocycles. The van der Waals surface area contributed by atoms with E-state index in [1.807, 2.05) is 0 Å². The highest BCUT2D eigenvalue weighted by atomic mass is 19.2. The maximum absolute atomic E-state index is 12.9. The highest BCUT2D eigenvalue weighted by Crippen LogP contribution is 2.09. The van der Waals surface area contributed by atoms with Crippen LogP contribution >= 0.6 is 0 Å². The molecule has 4 heteroatoms. The van der Waals surface area contributed by atoms with Crippen molar-refractivity contribution in [2.45, 2.75) is 39.0 Å². The second-order valence-electron chi connectivity index (χ2n) is 4.52. The molecule has 0 aliphatic heterocycles. The van der Waals surface area contributed by atoms with E-state index in [2.05, 4.69) is 6.92 Å². The van der Waals surface area contributed by atoms with Crippen molar-refractivity contribution in [1.29, 1.82) is 0 Å². The number of ketones is 1. The maximum atomic E-state index is 12.9. The van der Waals surface area contributed by atoms with Crippen molar-refractivity contribution in [2.24, 2.45) is 0 Å². The van der Waals surface area contributed by atoms with Crippen LogP contribution in [0.1, 0.15) is 49.4 Å². The van der Waals surface area contributed by atoms with E-state index in [9.17, 15) is 13.6 Å². The fourth-order valence-corrected chi connectivity index (χ4v) is 1.73. The zero-order valence-electron chi connectivity index (χ0n) is 11.3. The Bertz CT molecular complexity index is 405. The summed E-state index contributed by atoms with van der Waals surface area (Å²) < 4.78 is 30.9. The number of Topliss-reactive ketones (excluding diaryl/α,β-unsaturated/α-hetero) is 1. The molecule has 2 nitrogen and oxygen atoms in total. The van der Waals surface area contributed by atoms with E-state index < -0.39 is 11.6 Å². The van der Waals surface area contributed by atoms with Crippen molar-refractivity contribution in [3.8, 4) is 0 Å². The number of hydrogen-bond acceptors (Lipinski definition) is 2. The van der Waals surface area contributed by atoms with Crippen LogP contribution < -0.4 is 0 Å². The molecule has 0 fully saturated rings. The number of benzene rings is 1. The van der Waals surface area contributed by atoms with Crippen molar-refractivity contribution >= 4 is 5.78 Å². The number of carbonyl (C=O) groups excluding carboxylic acids is 1. The van der Waals surface area contributed by atoms with Crippen LogP contribution in [0.15, 0.2) is 18.2 Å². The first-order valence-electron chi connectivity index (χ1n) is 6.71. The van der Waals surface area contributed by atoms with Gasteiger partial charge >= 0.3 is 0 Å². The minimum absolute atomic E-state index is 0.0845. The van der Waals surface area contributed by atoms with Gasteiger partial charge in [0.05, 0.1) is 0 Å². The predicted octanol–water partition coefficient (Wildman–Crippen LogP) is 4.13. The number of rotatable bonds is 9. The van der Waals surface area contributed by atoms with Crippen molar-refractivity contribution in [3.05, 3.63) is 35.4 Å². The van der Waals surface area contributed by atoms with Gasteiger partial charge in [-0.2, -0.15) is 0 Å². The minimum Gasteiger partial charge on any atom is -0.373 e. The van der Waals surface area contributed by atoms with Gasteiger partial charge in [0, 0.05) is 12.2 Å². The third-order valence-corrected chi connectivity index (χ3v) is 2.87.